The number of piperidine rings is 1. The molecule has 1 saturated heterocycles. The topological polar surface area (TPSA) is 44.9 Å². The highest BCUT2D eigenvalue weighted by molar-refractivity contribution is 5.81. The molecule has 0 spiro atoms. The predicted octanol–water partition coefficient (Wildman–Crippen LogP) is 6.71. The van der Waals surface area contributed by atoms with Crippen LogP contribution in [-0.2, 0) is 0 Å². The molecule has 0 radical (unpaired) electrons. The fourth-order valence-electron chi connectivity index (χ4n) is 5.99. The first kappa shape index (κ1) is 21.2. The van der Waals surface area contributed by atoms with Gasteiger partial charge in [-0.25, -0.2) is 4.98 Å². The van der Waals surface area contributed by atoms with Crippen LogP contribution < -0.4 is 0 Å². The molecular formula is C28H34N4. The van der Waals surface area contributed by atoms with E-state index in [9.17, 15) is 5.26 Å². The van der Waals surface area contributed by atoms with Crippen LogP contribution in [0.2, 0.25) is 0 Å². The van der Waals surface area contributed by atoms with Crippen molar-refractivity contribution < 1.29 is 0 Å². The molecular weight excluding hydrogens is 392 g/mol. The van der Waals surface area contributed by atoms with Gasteiger partial charge < -0.3 is 4.57 Å². The van der Waals surface area contributed by atoms with E-state index in [0.29, 0.717) is 17.1 Å². The van der Waals surface area contributed by atoms with E-state index < -0.39 is 0 Å². The van der Waals surface area contributed by atoms with E-state index in [0.717, 1.165) is 42.8 Å². The van der Waals surface area contributed by atoms with Crippen LogP contribution in [-0.4, -0.2) is 33.1 Å². The number of nitrogens with zero attached hydrogens (tertiary/aromatic N) is 4. The lowest BCUT2D eigenvalue weighted by atomic mass is 9.82. The van der Waals surface area contributed by atoms with E-state index in [1.165, 1.54) is 50.5 Å². The Kier molecular flexibility index (Phi) is 6.02. The van der Waals surface area contributed by atoms with Crippen molar-refractivity contribution in [2.24, 2.45) is 0 Å². The summed E-state index contributed by atoms with van der Waals surface area (Å²) in [6, 6.07) is 19.1. The van der Waals surface area contributed by atoms with Crippen LogP contribution in [0.3, 0.4) is 0 Å². The molecule has 2 aromatic carbocycles. The van der Waals surface area contributed by atoms with Crippen LogP contribution in [0.5, 0.6) is 0 Å². The third kappa shape index (κ3) is 4.07. The van der Waals surface area contributed by atoms with Crippen LogP contribution in [0, 0.1) is 11.3 Å². The summed E-state index contributed by atoms with van der Waals surface area (Å²) in [5.41, 5.74) is 4.34. The maximum atomic E-state index is 9.40. The summed E-state index contributed by atoms with van der Waals surface area (Å²) in [5, 5.41) is 9.40. The summed E-state index contributed by atoms with van der Waals surface area (Å²) in [7, 11) is 0. The molecule has 1 aliphatic heterocycles. The molecule has 1 aliphatic carbocycles. The summed E-state index contributed by atoms with van der Waals surface area (Å²) in [6.07, 6.45) is 12.0. The molecule has 0 N–H and O–H groups in total. The van der Waals surface area contributed by atoms with Crippen molar-refractivity contribution in [3.8, 4) is 17.5 Å². The van der Waals surface area contributed by atoms with Crippen molar-refractivity contribution >= 4 is 11.0 Å². The van der Waals surface area contributed by atoms with Crippen molar-refractivity contribution in [2.75, 3.05) is 13.1 Å². The monoisotopic (exact) mass is 426 g/mol. The van der Waals surface area contributed by atoms with Crippen LogP contribution in [0.4, 0.5) is 0 Å². The van der Waals surface area contributed by atoms with Gasteiger partial charge in [-0.15, -0.1) is 0 Å². The molecule has 2 aliphatic rings. The van der Waals surface area contributed by atoms with Gasteiger partial charge in [-0.1, -0.05) is 56.4 Å². The number of hydrogen-bond acceptors (Lipinski definition) is 3. The maximum absolute atomic E-state index is 9.40. The second-order valence-electron chi connectivity index (χ2n) is 9.97. The lowest BCUT2D eigenvalue weighted by molar-refractivity contribution is 0.0443. The smallest absolute Gasteiger partial charge is 0.141 e. The normalized spacial score (nSPS) is 20.5. The second-order valence-corrected chi connectivity index (χ2v) is 9.97. The zero-order chi connectivity index (χ0) is 22.0. The highest BCUT2D eigenvalue weighted by atomic mass is 15.2. The third-order valence-corrected chi connectivity index (χ3v) is 7.87. The van der Waals surface area contributed by atoms with E-state index in [4.69, 9.17) is 4.98 Å². The first-order valence-electron chi connectivity index (χ1n) is 12.4. The fourth-order valence-corrected chi connectivity index (χ4v) is 5.99. The third-order valence-electron chi connectivity index (χ3n) is 7.87. The molecule has 1 saturated carbocycles. The Bertz CT molecular complexity index is 1110. The minimum atomic E-state index is 0.367. The molecule has 0 unspecified atom stereocenters. The van der Waals surface area contributed by atoms with E-state index in [2.05, 4.69) is 52.8 Å². The lowest BCUT2D eigenvalue weighted by Gasteiger charge is -2.46. The highest BCUT2D eigenvalue weighted by Gasteiger charge is 2.35. The van der Waals surface area contributed by atoms with E-state index in [1.807, 2.05) is 18.2 Å². The van der Waals surface area contributed by atoms with Gasteiger partial charge in [0.05, 0.1) is 22.7 Å². The Labute approximate surface area is 191 Å². The molecule has 32 heavy (non-hydrogen) atoms. The summed E-state index contributed by atoms with van der Waals surface area (Å²) in [6.45, 7) is 4.83. The molecule has 1 aromatic heterocycles. The molecule has 2 heterocycles. The summed E-state index contributed by atoms with van der Waals surface area (Å²) in [5.74, 6) is 0.999. The predicted molar refractivity (Wildman–Crippen MR) is 130 cm³/mol. The van der Waals surface area contributed by atoms with Crippen LogP contribution in [0.1, 0.15) is 76.3 Å². The standard InChI is InChI=1S/C28H34N4/c1-28(16-7-3-2-4-8-17-28)31-18-14-24(15-19-31)32-26-13-6-5-12-25(26)30-27(32)23-11-9-10-22(20-23)21-29/h5-6,9-13,20,24H,2-4,7-8,14-19H2,1H3. The number of imidazole rings is 1. The number of para-hydroxylation sites is 2. The van der Waals surface area contributed by atoms with Crippen molar-refractivity contribution in [2.45, 2.75) is 76.3 Å². The number of aromatic nitrogens is 2. The number of hydrogen-bond donors (Lipinski definition) is 0. The lowest BCUT2D eigenvalue weighted by Crippen LogP contribution is -2.50. The molecule has 0 amide bonds. The number of rotatable bonds is 3. The van der Waals surface area contributed by atoms with Crippen LogP contribution in [0.25, 0.3) is 22.4 Å². The fraction of sp³-hybridized carbons (Fsp3) is 0.500. The molecule has 4 nitrogen and oxygen atoms in total. The van der Waals surface area contributed by atoms with Crippen molar-refractivity contribution in [3.63, 3.8) is 0 Å². The Morgan fingerprint density at radius 2 is 1.66 bits per heavy atom. The van der Waals surface area contributed by atoms with Crippen molar-refractivity contribution in [3.05, 3.63) is 54.1 Å². The number of fused-ring (bicyclic) bond motifs is 1. The van der Waals surface area contributed by atoms with Gasteiger partial charge in [0.1, 0.15) is 5.82 Å². The van der Waals surface area contributed by atoms with Gasteiger partial charge in [0.2, 0.25) is 0 Å². The summed E-state index contributed by atoms with van der Waals surface area (Å²) in [4.78, 5) is 7.81. The Morgan fingerprint density at radius 3 is 2.41 bits per heavy atom. The van der Waals surface area contributed by atoms with E-state index in [1.54, 1.807) is 0 Å². The number of benzene rings is 2. The maximum Gasteiger partial charge on any atom is 0.141 e. The average Bonchev–Trinajstić information content (AvgIpc) is 3.21. The zero-order valence-electron chi connectivity index (χ0n) is 19.3. The van der Waals surface area contributed by atoms with Crippen molar-refractivity contribution in [1.82, 2.24) is 14.5 Å². The molecule has 0 bridgehead atoms. The Balaban J connectivity index is 1.43. The number of likely N-dealkylation sites (tertiary alicyclic amines) is 1. The van der Waals surface area contributed by atoms with E-state index in [-0.39, 0.29) is 0 Å². The van der Waals surface area contributed by atoms with Crippen LogP contribution >= 0.6 is 0 Å². The second kappa shape index (κ2) is 9.08. The van der Waals surface area contributed by atoms with E-state index >= 15 is 0 Å². The SMILES string of the molecule is CC1(N2CCC(n3c(-c4cccc(C#N)c4)nc4ccccc43)CC2)CCCCCCC1. The largest absolute Gasteiger partial charge is 0.321 e. The highest BCUT2D eigenvalue weighted by Crippen LogP contribution is 2.38. The Morgan fingerprint density at radius 1 is 0.938 bits per heavy atom. The van der Waals surface area contributed by atoms with Gasteiger partial charge >= 0.3 is 0 Å². The summed E-state index contributed by atoms with van der Waals surface area (Å²) < 4.78 is 2.46. The van der Waals surface area contributed by atoms with Gasteiger partial charge in [0.15, 0.2) is 0 Å². The molecule has 3 aromatic rings. The molecule has 0 atom stereocenters. The van der Waals surface area contributed by atoms with Gasteiger partial charge in [-0.05, 0) is 56.9 Å². The first-order chi connectivity index (χ1) is 15.7. The summed E-state index contributed by atoms with van der Waals surface area (Å²) >= 11 is 0. The minimum absolute atomic E-state index is 0.367. The molecule has 4 heteroatoms. The van der Waals surface area contributed by atoms with Gasteiger partial charge in [0, 0.05) is 30.2 Å². The molecule has 5 rings (SSSR count). The van der Waals surface area contributed by atoms with Crippen molar-refractivity contribution in [1.29, 1.82) is 5.26 Å². The van der Waals surface area contributed by atoms with Crippen LogP contribution in [0.15, 0.2) is 48.5 Å². The Hall–Kier alpha value is -2.64. The number of nitriles is 1. The minimum Gasteiger partial charge on any atom is -0.321 e. The van der Waals surface area contributed by atoms with Gasteiger partial charge in [-0.2, -0.15) is 5.26 Å². The average molecular weight is 427 g/mol. The quantitative estimate of drug-likeness (QED) is 0.467. The van der Waals surface area contributed by atoms with Gasteiger partial charge in [-0.3, -0.25) is 4.90 Å². The zero-order valence-corrected chi connectivity index (χ0v) is 19.3. The molecule has 2 fully saturated rings. The first-order valence-corrected chi connectivity index (χ1v) is 12.4. The molecule has 166 valence electrons. The van der Waals surface area contributed by atoms with Gasteiger partial charge in [0.25, 0.3) is 0 Å².